The Morgan fingerprint density at radius 3 is 2.82 bits per heavy atom. The van der Waals surface area contributed by atoms with E-state index in [0.717, 1.165) is 40.0 Å². The summed E-state index contributed by atoms with van der Waals surface area (Å²) in [6.07, 6.45) is 1.03. The second-order valence-electron chi connectivity index (χ2n) is 4.97. The summed E-state index contributed by atoms with van der Waals surface area (Å²) in [7, 11) is 1.89. The number of amides is 1. The van der Waals surface area contributed by atoms with Crippen LogP contribution in [0, 0.1) is 6.92 Å². The van der Waals surface area contributed by atoms with E-state index in [1.165, 1.54) is 11.3 Å². The summed E-state index contributed by atoms with van der Waals surface area (Å²) in [4.78, 5) is 20.9. The largest absolute Gasteiger partial charge is 0.337 e. The standard InChI is InChI=1S/C14H17N3OS2.2ClH/c1-9-12(14(18)17(2)10-5-6-15-8-10)20-13(16-9)11-4-3-7-19-11;;/h3-4,7,10,15H,5-6,8H2,1-2H3;2*1H. The lowest BCUT2D eigenvalue weighted by Gasteiger charge is -2.23. The highest BCUT2D eigenvalue weighted by Crippen LogP contribution is 2.31. The minimum absolute atomic E-state index is 0. The van der Waals surface area contributed by atoms with Crippen LogP contribution in [0.25, 0.3) is 9.88 Å². The van der Waals surface area contributed by atoms with E-state index in [-0.39, 0.29) is 30.7 Å². The van der Waals surface area contributed by atoms with Crippen molar-refractivity contribution in [3.8, 4) is 9.88 Å². The van der Waals surface area contributed by atoms with Crippen LogP contribution in [0.3, 0.4) is 0 Å². The number of aromatic nitrogens is 1. The van der Waals surface area contributed by atoms with E-state index in [1.807, 2.05) is 36.4 Å². The zero-order chi connectivity index (χ0) is 14.1. The Morgan fingerprint density at radius 1 is 1.45 bits per heavy atom. The number of carbonyl (C=O) groups excluding carboxylic acids is 1. The van der Waals surface area contributed by atoms with Gasteiger partial charge in [-0.15, -0.1) is 47.5 Å². The van der Waals surface area contributed by atoms with Crippen LogP contribution in [0.5, 0.6) is 0 Å². The van der Waals surface area contributed by atoms with E-state index in [9.17, 15) is 4.79 Å². The van der Waals surface area contributed by atoms with Crippen molar-refractivity contribution in [3.63, 3.8) is 0 Å². The lowest BCUT2D eigenvalue weighted by Crippen LogP contribution is -2.38. The highest BCUT2D eigenvalue weighted by atomic mass is 35.5. The Morgan fingerprint density at radius 2 is 2.23 bits per heavy atom. The van der Waals surface area contributed by atoms with E-state index >= 15 is 0 Å². The zero-order valence-corrected chi connectivity index (χ0v) is 15.6. The van der Waals surface area contributed by atoms with Gasteiger partial charge in [-0.1, -0.05) is 6.07 Å². The van der Waals surface area contributed by atoms with Gasteiger partial charge in [0, 0.05) is 19.6 Å². The van der Waals surface area contributed by atoms with Gasteiger partial charge in [0.15, 0.2) is 0 Å². The van der Waals surface area contributed by atoms with Gasteiger partial charge in [-0.05, 0) is 31.3 Å². The third kappa shape index (κ3) is 3.81. The molecule has 0 spiro atoms. The molecule has 1 saturated heterocycles. The Labute approximate surface area is 150 Å². The van der Waals surface area contributed by atoms with E-state index in [4.69, 9.17) is 0 Å². The Balaban J connectivity index is 0.00000121. The number of likely N-dealkylation sites (N-methyl/N-ethyl adjacent to an activating group) is 1. The molecule has 3 heterocycles. The van der Waals surface area contributed by atoms with Gasteiger partial charge in [0.1, 0.15) is 9.88 Å². The molecule has 1 aliphatic rings. The van der Waals surface area contributed by atoms with Gasteiger partial charge in [0.25, 0.3) is 5.91 Å². The van der Waals surface area contributed by atoms with Gasteiger partial charge in [-0.25, -0.2) is 4.98 Å². The number of carbonyl (C=O) groups is 1. The van der Waals surface area contributed by atoms with Crippen molar-refractivity contribution in [2.45, 2.75) is 19.4 Å². The third-order valence-electron chi connectivity index (χ3n) is 3.63. The van der Waals surface area contributed by atoms with E-state index in [1.54, 1.807) is 11.3 Å². The lowest BCUT2D eigenvalue weighted by atomic mass is 10.2. The quantitative estimate of drug-likeness (QED) is 0.887. The molecule has 1 N–H and O–H groups in total. The molecule has 4 nitrogen and oxygen atoms in total. The van der Waals surface area contributed by atoms with Gasteiger partial charge < -0.3 is 10.2 Å². The molecule has 2 aromatic rings. The minimum atomic E-state index is 0. The fourth-order valence-electron chi connectivity index (χ4n) is 2.40. The maximum atomic E-state index is 12.6. The van der Waals surface area contributed by atoms with Crippen LogP contribution in [0.1, 0.15) is 21.8 Å². The molecule has 0 saturated carbocycles. The molecule has 3 rings (SSSR count). The fraction of sp³-hybridized carbons (Fsp3) is 0.429. The highest BCUT2D eigenvalue weighted by Gasteiger charge is 2.27. The first-order chi connectivity index (χ1) is 9.66. The van der Waals surface area contributed by atoms with Crippen LogP contribution in [0.4, 0.5) is 0 Å². The zero-order valence-electron chi connectivity index (χ0n) is 12.4. The van der Waals surface area contributed by atoms with Crippen LogP contribution in [0.2, 0.25) is 0 Å². The lowest BCUT2D eigenvalue weighted by molar-refractivity contribution is 0.0747. The van der Waals surface area contributed by atoms with Gasteiger partial charge >= 0.3 is 0 Å². The number of rotatable bonds is 3. The normalized spacial score (nSPS) is 16.7. The number of hydrogen-bond acceptors (Lipinski definition) is 5. The molecular weight excluding hydrogens is 361 g/mol. The number of nitrogens with one attached hydrogen (secondary N) is 1. The molecule has 1 aliphatic heterocycles. The van der Waals surface area contributed by atoms with Crippen LogP contribution in [0.15, 0.2) is 17.5 Å². The number of hydrogen-bond donors (Lipinski definition) is 1. The van der Waals surface area contributed by atoms with Crippen molar-refractivity contribution in [1.82, 2.24) is 15.2 Å². The number of nitrogens with zero attached hydrogens (tertiary/aromatic N) is 2. The molecular formula is C14H19Cl2N3OS2. The molecule has 0 aromatic carbocycles. The van der Waals surface area contributed by atoms with E-state index in [2.05, 4.69) is 10.3 Å². The molecule has 0 radical (unpaired) electrons. The Bertz CT molecular complexity index is 610. The van der Waals surface area contributed by atoms with Gasteiger partial charge in [0.05, 0.1) is 10.6 Å². The molecule has 0 bridgehead atoms. The summed E-state index contributed by atoms with van der Waals surface area (Å²) < 4.78 is 0. The van der Waals surface area contributed by atoms with Gasteiger partial charge in [0.2, 0.25) is 0 Å². The number of halogens is 2. The van der Waals surface area contributed by atoms with Crippen molar-refractivity contribution in [1.29, 1.82) is 0 Å². The van der Waals surface area contributed by atoms with Gasteiger partial charge in [-0.3, -0.25) is 4.79 Å². The summed E-state index contributed by atoms with van der Waals surface area (Å²) >= 11 is 3.16. The number of thiazole rings is 1. The molecule has 22 heavy (non-hydrogen) atoms. The molecule has 2 aromatic heterocycles. The van der Waals surface area contributed by atoms with E-state index < -0.39 is 0 Å². The molecule has 8 heteroatoms. The first-order valence-electron chi connectivity index (χ1n) is 6.66. The predicted molar refractivity (Wildman–Crippen MR) is 98.0 cm³/mol. The van der Waals surface area contributed by atoms with Crippen LogP contribution in [-0.2, 0) is 0 Å². The summed E-state index contributed by atoms with van der Waals surface area (Å²) in [6.45, 7) is 3.80. The average molecular weight is 380 g/mol. The van der Waals surface area contributed by atoms with Crippen LogP contribution >= 0.6 is 47.5 Å². The number of aryl methyl sites for hydroxylation is 1. The van der Waals surface area contributed by atoms with Crippen LogP contribution < -0.4 is 5.32 Å². The molecule has 1 amide bonds. The smallest absolute Gasteiger partial charge is 0.265 e. The Hall–Kier alpha value is -0.660. The monoisotopic (exact) mass is 379 g/mol. The summed E-state index contributed by atoms with van der Waals surface area (Å²) in [5, 5.41) is 6.27. The fourth-order valence-corrected chi connectivity index (χ4v) is 4.24. The topological polar surface area (TPSA) is 45.2 Å². The van der Waals surface area contributed by atoms with Crippen molar-refractivity contribution >= 4 is 53.4 Å². The maximum absolute atomic E-state index is 12.6. The molecule has 1 atom stereocenters. The predicted octanol–water partition coefficient (Wildman–Crippen LogP) is 3.46. The van der Waals surface area contributed by atoms with Crippen molar-refractivity contribution in [2.75, 3.05) is 20.1 Å². The molecule has 0 aliphatic carbocycles. The van der Waals surface area contributed by atoms with Crippen molar-refractivity contribution in [2.24, 2.45) is 0 Å². The van der Waals surface area contributed by atoms with Crippen LogP contribution in [-0.4, -0.2) is 42.0 Å². The summed E-state index contributed by atoms with van der Waals surface area (Å²) in [5.41, 5.74) is 0.834. The van der Waals surface area contributed by atoms with Crippen molar-refractivity contribution < 1.29 is 4.79 Å². The minimum Gasteiger partial charge on any atom is -0.337 e. The first-order valence-corrected chi connectivity index (χ1v) is 8.35. The van der Waals surface area contributed by atoms with Gasteiger partial charge in [-0.2, -0.15) is 0 Å². The molecule has 122 valence electrons. The van der Waals surface area contributed by atoms with E-state index in [0.29, 0.717) is 6.04 Å². The summed E-state index contributed by atoms with van der Waals surface area (Å²) in [6, 6.07) is 4.35. The SMILES string of the molecule is Cc1nc(-c2cccs2)sc1C(=O)N(C)C1CCNC1.Cl.Cl. The second kappa shape index (κ2) is 8.26. The molecule has 1 unspecified atom stereocenters. The summed E-state index contributed by atoms with van der Waals surface area (Å²) in [5.74, 6) is 0.0940. The second-order valence-corrected chi connectivity index (χ2v) is 6.92. The third-order valence-corrected chi connectivity index (χ3v) is 5.81. The highest BCUT2D eigenvalue weighted by molar-refractivity contribution is 7.22. The van der Waals surface area contributed by atoms with Crippen molar-refractivity contribution in [3.05, 3.63) is 28.1 Å². The molecule has 1 fully saturated rings. The number of thiophene rings is 1. The average Bonchev–Trinajstić information content (AvgIpc) is 3.17. The Kier molecular flexibility index (Phi) is 7.28. The maximum Gasteiger partial charge on any atom is 0.265 e. The first kappa shape index (κ1) is 19.4.